The van der Waals surface area contributed by atoms with Gasteiger partial charge < -0.3 is 15.8 Å². The van der Waals surface area contributed by atoms with Crippen LogP contribution in [0.3, 0.4) is 0 Å². The minimum atomic E-state index is -0.267. The molecule has 6 nitrogen and oxygen atoms in total. The summed E-state index contributed by atoms with van der Waals surface area (Å²) in [6.45, 7) is 2.13. The van der Waals surface area contributed by atoms with Crippen molar-refractivity contribution in [2.24, 2.45) is 17.6 Å². The number of halogens is 1. The molecule has 0 atom stereocenters. The van der Waals surface area contributed by atoms with Crippen LogP contribution < -0.4 is 15.8 Å². The molecular formula is C17H24ClN3O3. The summed E-state index contributed by atoms with van der Waals surface area (Å²) in [6, 6.07) is 6.81. The van der Waals surface area contributed by atoms with Crippen molar-refractivity contribution >= 4 is 30.1 Å². The van der Waals surface area contributed by atoms with E-state index in [2.05, 4.69) is 5.32 Å². The Bertz CT molecular complexity index is 598. The number of nitrogens with one attached hydrogen (secondary N) is 2. The summed E-state index contributed by atoms with van der Waals surface area (Å²) in [5.74, 6) is 0.220. The number of ketones is 1. The van der Waals surface area contributed by atoms with Gasteiger partial charge in [0.25, 0.3) is 0 Å². The first-order valence-corrected chi connectivity index (χ1v) is 7.87. The number of rotatable bonds is 5. The molecule has 1 aromatic carbocycles. The van der Waals surface area contributed by atoms with E-state index in [1.54, 1.807) is 24.3 Å². The zero-order chi connectivity index (χ0) is 16.8. The number of hydrogen-bond acceptors (Lipinski definition) is 4. The first-order valence-electron chi connectivity index (χ1n) is 7.87. The Morgan fingerprint density at radius 1 is 1.25 bits per heavy atom. The Balaban J connectivity index is 0.00000288. The van der Waals surface area contributed by atoms with Crippen LogP contribution >= 0.6 is 12.4 Å². The molecule has 7 heteroatoms. The zero-order valence-corrected chi connectivity index (χ0v) is 14.5. The predicted octanol–water partition coefficient (Wildman–Crippen LogP) is 2.51. The molecule has 0 heterocycles. The molecule has 0 spiro atoms. The summed E-state index contributed by atoms with van der Waals surface area (Å²) in [5.41, 5.74) is 5.71. The van der Waals surface area contributed by atoms with Crippen LogP contribution in [0.15, 0.2) is 24.3 Å². The molecule has 0 aliphatic heterocycles. The quantitative estimate of drug-likeness (QED) is 0.248. The van der Waals surface area contributed by atoms with Gasteiger partial charge in [0.15, 0.2) is 11.7 Å². The molecule has 1 saturated carbocycles. The second-order valence-electron chi connectivity index (χ2n) is 5.99. The minimum absolute atomic E-state index is 0. The Hall–Kier alpha value is -2.08. The molecular weight excluding hydrogens is 330 g/mol. The number of Topliss-reactive ketones (excluding diaryl/α,β-unsaturated/α-hetero) is 1. The molecule has 0 aromatic heterocycles. The number of para-hydroxylation sites is 1. The monoisotopic (exact) mass is 353 g/mol. The number of hydrogen-bond donors (Lipinski definition) is 3. The highest BCUT2D eigenvalue weighted by Crippen LogP contribution is 2.30. The van der Waals surface area contributed by atoms with Crippen molar-refractivity contribution in [1.82, 2.24) is 5.32 Å². The largest absolute Gasteiger partial charge is 0.426 e. The molecule has 0 unspecified atom stereocenters. The van der Waals surface area contributed by atoms with E-state index in [0.717, 1.165) is 25.7 Å². The van der Waals surface area contributed by atoms with E-state index in [1.165, 1.54) is 6.92 Å². The molecule has 2 rings (SSSR count). The highest BCUT2D eigenvalue weighted by atomic mass is 35.5. The summed E-state index contributed by atoms with van der Waals surface area (Å²) in [6.07, 6.45) is 3.31. The van der Waals surface area contributed by atoms with Crippen molar-refractivity contribution in [3.8, 4) is 5.75 Å². The van der Waals surface area contributed by atoms with Crippen molar-refractivity contribution in [2.45, 2.75) is 32.6 Å². The van der Waals surface area contributed by atoms with Crippen LogP contribution in [0.5, 0.6) is 5.75 Å². The highest BCUT2D eigenvalue weighted by Gasteiger charge is 2.28. The zero-order valence-electron chi connectivity index (χ0n) is 13.7. The van der Waals surface area contributed by atoms with Gasteiger partial charge in [0.2, 0.25) is 0 Å². The summed E-state index contributed by atoms with van der Waals surface area (Å²) in [4.78, 5) is 23.9. The van der Waals surface area contributed by atoms with Crippen LogP contribution in [0.4, 0.5) is 0 Å². The highest BCUT2D eigenvalue weighted by molar-refractivity contribution is 5.97. The number of ether oxygens (including phenoxy) is 1. The van der Waals surface area contributed by atoms with Crippen molar-refractivity contribution in [1.29, 1.82) is 5.41 Å². The van der Waals surface area contributed by atoms with Gasteiger partial charge in [-0.15, -0.1) is 12.4 Å². The summed E-state index contributed by atoms with van der Waals surface area (Å²) in [7, 11) is 0. The van der Waals surface area contributed by atoms with Crippen LogP contribution in [-0.4, -0.2) is 24.3 Å². The maximum atomic E-state index is 12.3. The SMILES string of the molecule is CC(=O)c1ccccc1OC(=O)[C@H]1CC[C@H](CNC(=N)N)CC1.Cl. The van der Waals surface area contributed by atoms with Gasteiger partial charge in [0.05, 0.1) is 11.5 Å². The minimum Gasteiger partial charge on any atom is -0.426 e. The standard InChI is InChI=1S/C17H23N3O3.ClH/c1-11(21)14-4-2-3-5-15(14)23-16(22)13-8-6-12(7-9-13)10-20-17(18)19;/h2-5,12-13H,6-10H2,1H3,(H4,18,19,20);1H/t12-,13-;. The smallest absolute Gasteiger partial charge is 0.314 e. The van der Waals surface area contributed by atoms with Crippen LogP contribution in [0.25, 0.3) is 0 Å². The van der Waals surface area contributed by atoms with Gasteiger partial charge in [-0.1, -0.05) is 12.1 Å². The second kappa shape index (κ2) is 9.27. The molecule has 1 aliphatic carbocycles. The Kier molecular flexibility index (Phi) is 7.71. The molecule has 132 valence electrons. The van der Waals surface area contributed by atoms with Gasteiger partial charge >= 0.3 is 5.97 Å². The molecule has 4 N–H and O–H groups in total. The lowest BCUT2D eigenvalue weighted by atomic mass is 9.82. The number of esters is 1. The molecule has 1 aliphatic rings. The van der Waals surface area contributed by atoms with Crippen molar-refractivity contribution < 1.29 is 14.3 Å². The summed E-state index contributed by atoms with van der Waals surface area (Å²) < 4.78 is 5.45. The molecule has 1 aromatic rings. The van der Waals surface area contributed by atoms with Gasteiger partial charge in [-0.3, -0.25) is 15.0 Å². The van der Waals surface area contributed by atoms with E-state index >= 15 is 0 Å². The van der Waals surface area contributed by atoms with Crippen LogP contribution in [0.1, 0.15) is 43.0 Å². The fourth-order valence-corrected chi connectivity index (χ4v) is 2.89. The third kappa shape index (κ3) is 5.53. The van der Waals surface area contributed by atoms with Gasteiger partial charge in [-0.2, -0.15) is 0 Å². The molecule has 24 heavy (non-hydrogen) atoms. The van der Waals surface area contributed by atoms with Crippen LogP contribution in [-0.2, 0) is 4.79 Å². The van der Waals surface area contributed by atoms with Gasteiger partial charge in [-0.05, 0) is 50.7 Å². The lowest BCUT2D eigenvalue weighted by molar-refractivity contribution is -0.140. The van der Waals surface area contributed by atoms with E-state index in [0.29, 0.717) is 23.8 Å². The van der Waals surface area contributed by atoms with Crippen molar-refractivity contribution in [2.75, 3.05) is 6.54 Å². The Labute approximate surface area is 148 Å². The van der Waals surface area contributed by atoms with Gasteiger partial charge in [0, 0.05) is 6.54 Å². The van der Waals surface area contributed by atoms with Crippen molar-refractivity contribution in [3.05, 3.63) is 29.8 Å². The molecule has 1 fully saturated rings. The summed E-state index contributed by atoms with van der Waals surface area (Å²) >= 11 is 0. The number of carbonyl (C=O) groups excluding carboxylic acids is 2. The lowest BCUT2D eigenvalue weighted by Gasteiger charge is -2.27. The molecule has 0 amide bonds. The first kappa shape index (κ1) is 20.0. The van der Waals surface area contributed by atoms with Gasteiger partial charge in [-0.25, -0.2) is 0 Å². The first-order chi connectivity index (χ1) is 11.0. The van der Waals surface area contributed by atoms with E-state index in [-0.39, 0.29) is 36.0 Å². The average molecular weight is 354 g/mol. The topological polar surface area (TPSA) is 105 Å². The molecule has 0 bridgehead atoms. The Morgan fingerprint density at radius 2 is 1.88 bits per heavy atom. The van der Waals surface area contributed by atoms with E-state index in [9.17, 15) is 9.59 Å². The van der Waals surface area contributed by atoms with Crippen LogP contribution in [0, 0.1) is 17.2 Å². The maximum Gasteiger partial charge on any atom is 0.314 e. The number of nitrogens with two attached hydrogens (primary N) is 1. The number of carbonyl (C=O) groups is 2. The van der Waals surface area contributed by atoms with E-state index in [4.69, 9.17) is 15.9 Å². The second-order valence-corrected chi connectivity index (χ2v) is 5.99. The molecule has 0 radical (unpaired) electrons. The predicted molar refractivity (Wildman–Crippen MR) is 94.7 cm³/mol. The van der Waals surface area contributed by atoms with Crippen LogP contribution in [0.2, 0.25) is 0 Å². The Morgan fingerprint density at radius 3 is 2.46 bits per heavy atom. The van der Waals surface area contributed by atoms with E-state index in [1.807, 2.05) is 0 Å². The van der Waals surface area contributed by atoms with Crippen molar-refractivity contribution in [3.63, 3.8) is 0 Å². The number of guanidine groups is 1. The third-order valence-electron chi connectivity index (χ3n) is 4.24. The third-order valence-corrected chi connectivity index (χ3v) is 4.24. The lowest BCUT2D eigenvalue weighted by Crippen LogP contribution is -2.36. The maximum absolute atomic E-state index is 12.3. The normalized spacial score (nSPS) is 19.7. The average Bonchev–Trinajstić information content (AvgIpc) is 2.53. The number of benzene rings is 1. The fourth-order valence-electron chi connectivity index (χ4n) is 2.89. The van der Waals surface area contributed by atoms with E-state index < -0.39 is 0 Å². The van der Waals surface area contributed by atoms with Gasteiger partial charge in [0.1, 0.15) is 5.75 Å². The molecule has 0 saturated heterocycles. The fraction of sp³-hybridized carbons (Fsp3) is 0.471. The summed E-state index contributed by atoms with van der Waals surface area (Å²) in [5, 5.41) is 9.99.